The van der Waals surface area contributed by atoms with E-state index in [2.05, 4.69) is 16.0 Å². The van der Waals surface area contributed by atoms with Crippen LogP contribution in [0.4, 0.5) is 4.39 Å². The van der Waals surface area contributed by atoms with Crippen LogP contribution in [-0.4, -0.2) is 15.8 Å². The van der Waals surface area contributed by atoms with Crippen LogP contribution >= 0.6 is 0 Å². The number of hydrogen-bond donors (Lipinski definition) is 1. The first-order chi connectivity index (χ1) is 9.16. The van der Waals surface area contributed by atoms with Crippen LogP contribution in [0.25, 0.3) is 11.0 Å². The van der Waals surface area contributed by atoms with Crippen LogP contribution in [0.15, 0.2) is 36.7 Å². The Hall–Kier alpha value is -2.49. The van der Waals surface area contributed by atoms with Crippen molar-refractivity contribution in [3.8, 4) is 0 Å². The Labute approximate surface area is 109 Å². The normalized spacial score (nSPS) is 10.8. The Morgan fingerprint density at radius 2 is 2.26 bits per heavy atom. The zero-order valence-electron chi connectivity index (χ0n) is 10.2. The highest BCUT2D eigenvalue weighted by Crippen LogP contribution is 2.21. The molecule has 0 atom stereocenters. The van der Waals surface area contributed by atoms with E-state index in [-0.39, 0.29) is 11.3 Å². The summed E-state index contributed by atoms with van der Waals surface area (Å²) in [5.41, 5.74) is 2.00. The molecule has 3 aromatic rings. The molecular formula is C15H10FN2O. The summed E-state index contributed by atoms with van der Waals surface area (Å²) in [6, 6.07) is 8.60. The Bertz CT molecular complexity index is 777. The van der Waals surface area contributed by atoms with E-state index in [0.717, 1.165) is 5.56 Å². The molecule has 0 spiro atoms. The Morgan fingerprint density at radius 1 is 1.42 bits per heavy atom. The predicted molar refractivity (Wildman–Crippen MR) is 69.5 cm³/mol. The average Bonchev–Trinajstić information content (AvgIpc) is 2.81. The van der Waals surface area contributed by atoms with Crippen molar-refractivity contribution in [2.24, 2.45) is 0 Å². The largest absolute Gasteiger partial charge is 0.345 e. The number of nitrogens with zero attached hydrogens (tertiary/aromatic N) is 1. The lowest BCUT2D eigenvalue weighted by Gasteiger charge is -2.01. The standard InChI is InChI=1S/C15H10FN2O/c1-9-6-11-12(8-18-15(11)17-7-9)14(19)10-4-2-3-5-13(10)16/h3-8H,1H3,(H,17,18). The summed E-state index contributed by atoms with van der Waals surface area (Å²) in [4.78, 5) is 19.5. The number of halogens is 1. The summed E-state index contributed by atoms with van der Waals surface area (Å²) in [5.74, 6) is -0.910. The maximum atomic E-state index is 13.6. The third kappa shape index (κ3) is 1.91. The van der Waals surface area contributed by atoms with Crippen molar-refractivity contribution in [2.75, 3.05) is 0 Å². The lowest BCUT2D eigenvalue weighted by Crippen LogP contribution is -2.03. The molecule has 1 aromatic carbocycles. The van der Waals surface area contributed by atoms with E-state index in [1.54, 1.807) is 12.4 Å². The number of rotatable bonds is 2. The molecule has 0 bridgehead atoms. The van der Waals surface area contributed by atoms with Crippen LogP contribution < -0.4 is 0 Å². The van der Waals surface area contributed by atoms with Gasteiger partial charge in [0.2, 0.25) is 0 Å². The molecule has 3 rings (SSSR count). The van der Waals surface area contributed by atoms with Crippen molar-refractivity contribution in [3.05, 3.63) is 65.2 Å². The van der Waals surface area contributed by atoms with Gasteiger partial charge in [-0.05, 0) is 36.8 Å². The molecule has 0 aliphatic carbocycles. The third-order valence-corrected chi connectivity index (χ3v) is 2.97. The zero-order chi connectivity index (χ0) is 13.4. The predicted octanol–water partition coefficient (Wildman–Crippen LogP) is 3.04. The number of aromatic amines is 1. The van der Waals surface area contributed by atoms with Crippen LogP contribution in [0.2, 0.25) is 0 Å². The molecule has 19 heavy (non-hydrogen) atoms. The molecule has 0 aliphatic rings. The van der Waals surface area contributed by atoms with Crippen molar-refractivity contribution in [3.63, 3.8) is 0 Å². The second-order valence-corrected chi connectivity index (χ2v) is 4.35. The van der Waals surface area contributed by atoms with Gasteiger partial charge in [0.15, 0.2) is 5.78 Å². The van der Waals surface area contributed by atoms with Gasteiger partial charge in [-0.2, -0.15) is 0 Å². The fraction of sp³-hybridized carbons (Fsp3) is 0.0667. The molecule has 0 amide bonds. The molecule has 3 nitrogen and oxygen atoms in total. The molecular weight excluding hydrogens is 243 g/mol. The van der Waals surface area contributed by atoms with E-state index in [0.29, 0.717) is 16.6 Å². The number of aryl methyl sites for hydroxylation is 1. The maximum Gasteiger partial charge on any atom is 0.198 e. The molecule has 0 saturated carbocycles. The molecule has 4 heteroatoms. The van der Waals surface area contributed by atoms with Gasteiger partial charge in [0.25, 0.3) is 0 Å². The van der Waals surface area contributed by atoms with E-state index in [9.17, 15) is 9.18 Å². The molecule has 0 saturated heterocycles. The zero-order valence-corrected chi connectivity index (χ0v) is 10.2. The molecule has 93 valence electrons. The second kappa shape index (κ2) is 4.31. The number of pyridine rings is 1. The average molecular weight is 253 g/mol. The van der Waals surface area contributed by atoms with E-state index < -0.39 is 5.82 Å². The maximum absolute atomic E-state index is 13.6. The van der Waals surface area contributed by atoms with Crippen molar-refractivity contribution in [1.29, 1.82) is 0 Å². The number of H-pyrrole nitrogens is 1. The van der Waals surface area contributed by atoms with Crippen molar-refractivity contribution >= 4 is 16.8 Å². The molecule has 0 fully saturated rings. The summed E-state index contributed by atoms with van der Waals surface area (Å²) in [6.07, 6.45) is 3.27. The van der Waals surface area contributed by atoms with Gasteiger partial charge in [-0.15, -0.1) is 0 Å². The minimum absolute atomic E-state index is 0.0184. The monoisotopic (exact) mass is 253 g/mol. The first-order valence-corrected chi connectivity index (χ1v) is 5.81. The van der Waals surface area contributed by atoms with Crippen LogP contribution in [-0.2, 0) is 0 Å². The Balaban J connectivity index is 2.17. The van der Waals surface area contributed by atoms with Crippen molar-refractivity contribution in [1.82, 2.24) is 9.97 Å². The third-order valence-electron chi connectivity index (χ3n) is 2.97. The minimum Gasteiger partial charge on any atom is -0.345 e. The van der Waals surface area contributed by atoms with Gasteiger partial charge in [0.1, 0.15) is 11.5 Å². The fourth-order valence-corrected chi connectivity index (χ4v) is 2.03. The second-order valence-electron chi connectivity index (χ2n) is 4.35. The Morgan fingerprint density at radius 3 is 3.05 bits per heavy atom. The number of benzene rings is 1. The number of carbonyl (C=O) groups excluding carboxylic acids is 1. The van der Waals surface area contributed by atoms with Gasteiger partial charge >= 0.3 is 0 Å². The highest BCUT2D eigenvalue weighted by atomic mass is 19.1. The highest BCUT2D eigenvalue weighted by molar-refractivity contribution is 6.16. The lowest BCUT2D eigenvalue weighted by molar-refractivity contribution is 0.103. The van der Waals surface area contributed by atoms with Crippen LogP contribution in [0.5, 0.6) is 0 Å². The van der Waals surface area contributed by atoms with Gasteiger partial charge in [-0.25, -0.2) is 9.37 Å². The van der Waals surface area contributed by atoms with Gasteiger partial charge in [-0.3, -0.25) is 4.79 Å². The SMILES string of the molecule is Cc1cnc2[nH]cc(C(=O)c3c[c]ccc3F)c2c1. The van der Waals surface area contributed by atoms with Crippen molar-refractivity contribution < 1.29 is 9.18 Å². The fourth-order valence-electron chi connectivity index (χ4n) is 2.03. The topological polar surface area (TPSA) is 45.8 Å². The number of ketones is 1. The van der Waals surface area contributed by atoms with Gasteiger partial charge in [0.05, 0.1) is 5.56 Å². The first kappa shape index (κ1) is 11.6. The molecule has 1 N–H and O–H groups in total. The summed E-state index contributed by atoms with van der Waals surface area (Å²) in [7, 11) is 0. The van der Waals surface area contributed by atoms with E-state index >= 15 is 0 Å². The number of aromatic nitrogens is 2. The molecule has 2 aromatic heterocycles. The van der Waals surface area contributed by atoms with Crippen LogP contribution in [0.3, 0.4) is 0 Å². The van der Waals surface area contributed by atoms with E-state index in [1.165, 1.54) is 18.2 Å². The lowest BCUT2D eigenvalue weighted by atomic mass is 10.0. The number of nitrogens with one attached hydrogen (secondary N) is 1. The summed E-state index contributed by atoms with van der Waals surface area (Å²) < 4.78 is 13.6. The van der Waals surface area contributed by atoms with E-state index in [1.807, 2.05) is 13.0 Å². The molecule has 0 aliphatic heterocycles. The Kier molecular flexibility index (Phi) is 2.63. The van der Waals surface area contributed by atoms with Crippen LogP contribution in [0.1, 0.15) is 21.5 Å². The highest BCUT2D eigenvalue weighted by Gasteiger charge is 2.17. The van der Waals surface area contributed by atoms with Crippen molar-refractivity contribution in [2.45, 2.75) is 6.92 Å². The molecule has 1 radical (unpaired) electrons. The van der Waals surface area contributed by atoms with Gasteiger partial charge in [0, 0.05) is 23.3 Å². The van der Waals surface area contributed by atoms with E-state index in [4.69, 9.17) is 0 Å². The first-order valence-electron chi connectivity index (χ1n) is 5.81. The number of fused-ring (bicyclic) bond motifs is 1. The molecule has 0 unspecified atom stereocenters. The summed E-state index contributed by atoms with van der Waals surface area (Å²) in [5, 5.41) is 0.702. The summed E-state index contributed by atoms with van der Waals surface area (Å²) in [6.45, 7) is 1.89. The molecule has 2 heterocycles. The summed E-state index contributed by atoms with van der Waals surface area (Å²) >= 11 is 0. The van der Waals surface area contributed by atoms with Crippen LogP contribution in [0, 0.1) is 18.8 Å². The van der Waals surface area contributed by atoms with Gasteiger partial charge in [-0.1, -0.05) is 6.07 Å². The smallest absolute Gasteiger partial charge is 0.198 e. The van der Waals surface area contributed by atoms with Gasteiger partial charge < -0.3 is 4.98 Å². The number of hydrogen-bond acceptors (Lipinski definition) is 2. The minimum atomic E-state index is -0.543. The quantitative estimate of drug-likeness (QED) is 0.713. The number of carbonyl (C=O) groups is 1.